The number of amides is 1. The van der Waals surface area contributed by atoms with Gasteiger partial charge in [0.05, 0.1) is 30.4 Å². The SMILES string of the molecule is O=C1C(=O)N(CCN2CCOCC2)C(c2cccc(F)c2)C1=C(O)c1cc(Cl)ccc1O. The molecule has 9 heteroatoms. The number of rotatable bonds is 5. The minimum Gasteiger partial charge on any atom is -0.507 e. The molecule has 1 amide bonds. The fourth-order valence-electron chi connectivity index (χ4n) is 4.05. The van der Waals surface area contributed by atoms with E-state index >= 15 is 0 Å². The van der Waals surface area contributed by atoms with Crippen LogP contribution in [0.1, 0.15) is 17.2 Å². The van der Waals surface area contributed by atoms with Gasteiger partial charge >= 0.3 is 0 Å². The first-order chi connectivity index (χ1) is 15.4. The Morgan fingerprint density at radius 1 is 1.12 bits per heavy atom. The van der Waals surface area contributed by atoms with Crippen molar-refractivity contribution < 1.29 is 28.9 Å². The van der Waals surface area contributed by atoms with Crippen LogP contribution in [-0.2, 0) is 14.3 Å². The molecule has 1 atom stereocenters. The van der Waals surface area contributed by atoms with Crippen LogP contribution in [0.25, 0.3) is 5.76 Å². The Labute approximate surface area is 189 Å². The van der Waals surface area contributed by atoms with E-state index in [1.165, 1.54) is 41.3 Å². The van der Waals surface area contributed by atoms with Crippen molar-refractivity contribution in [2.45, 2.75) is 6.04 Å². The van der Waals surface area contributed by atoms with Gasteiger partial charge in [0.2, 0.25) is 0 Å². The van der Waals surface area contributed by atoms with Gasteiger partial charge in [-0.2, -0.15) is 0 Å². The lowest BCUT2D eigenvalue weighted by Crippen LogP contribution is -2.42. The number of aromatic hydroxyl groups is 1. The lowest BCUT2D eigenvalue weighted by molar-refractivity contribution is -0.140. The number of carbonyl (C=O) groups excluding carboxylic acids is 2. The second kappa shape index (κ2) is 9.28. The number of nitrogens with zero attached hydrogens (tertiary/aromatic N) is 2. The Hall–Kier alpha value is -2.94. The number of Topliss-reactive ketones (excluding diaryl/α,β-unsaturated/α-hetero) is 1. The summed E-state index contributed by atoms with van der Waals surface area (Å²) in [6, 6.07) is 8.55. The second-order valence-corrected chi connectivity index (χ2v) is 8.10. The Morgan fingerprint density at radius 2 is 1.88 bits per heavy atom. The summed E-state index contributed by atoms with van der Waals surface area (Å²) in [5, 5.41) is 21.4. The van der Waals surface area contributed by atoms with Crippen molar-refractivity contribution in [1.29, 1.82) is 0 Å². The molecular weight excluding hydrogens is 439 g/mol. The Kier molecular flexibility index (Phi) is 6.45. The van der Waals surface area contributed by atoms with E-state index in [-0.39, 0.29) is 28.5 Å². The molecule has 168 valence electrons. The van der Waals surface area contributed by atoms with Gasteiger partial charge in [0.1, 0.15) is 17.3 Å². The van der Waals surface area contributed by atoms with Crippen molar-refractivity contribution >= 4 is 29.1 Å². The summed E-state index contributed by atoms with van der Waals surface area (Å²) in [6.07, 6.45) is 0. The average Bonchev–Trinajstić information content (AvgIpc) is 3.04. The minimum atomic E-state index is -1.01. The van der Waals surface area contributed by atoms with Crippen LogP contribution in [0.15, 0.2) is 48.0 Å². The molecule has 2 aliphatic rings. The highest BCUT2D eigenvalue weighted by atomic mass is 35.5. The molecule has 0 radical (unpaired) electrons. The number of phenolic OH excluding ortho intramolecular Hbond substituents is 1. The van der Waals surface area contributed by atoms with E-state index in [9.17, 15) is 24.2 Å². The summed E-state index contributed by atoms with van der Waals surface area (Å²) in [7, 11) is 0. The number of carbonyl (C=O) groups is 2. The highest BCUT2D eigenvalue weighted by Gasteiger charge is 2.46. The van der Waals surface area contributed by atoms with Gasteiger partial charge in [-0.3, -0.25) is 14.5 Å². The van der Waals surface area contributed by atoms with Crippen molar-refractivity contribution in [3.63, 3.8) is 0 Å². The normalized spacial score (nSPS) is 21.3. The third-order valence-corrected chi connectivity index (χ3v) is 5.91. The largest absolute Gasteiger partial charge is 0.507 e. The van der Waals surface area contributed by atoms with Crippen molar-refractivity contribution in [2.75, 3.05) is 39.4 Å². The van der Waals surface area contributed by atoms with Gasteiger partial charge in [-0.05, 0) is 35.9 Å². The molecule has 0 bridgehead atoms. The predicted molar refractivity (Wildman–Crippen MR) is 116 cm³/mol. The number of phenols is 1. The zero-order valence-electron chi connectivity index (χ0n) is 17.1. The molecule has 2 saturated heterocycles. The summed E-state index contributed by atoms with van der Waals surface area (Å²) >= 11 is 6.00. The zero-order chi connectivity index (χ0) is 22.8. The summed E-state index contributed by atoms with van der Waals surface area (Å²) < 4.78 is 19.4. The molecule has 0 aromatic heterocycles. The number of benzene rings is 2. The van der Waals surface area contributed by atoms with E-state index in [0.29, 0.717) is 38.4 Å². The maximum absolute atomic E-state index is 14.0. The summed E-state index contributed by atoms with van der Waals surface area (Å²) in [6.45, 7) is 3.25. The van der Waals surface area contributed by atoms with E-state index in [0.717, 1.165) is 0 Å². The number of hydrogen-bond donors (Lipinski definition) is 2. The molecule has 4 rings (SSSR count). The van der Waals surface area contributed by atoms with E-state index in [1.54, 1.807) is 6.07 Å². The average molecular weight is 461 g/mol. The first-order valence-electron chi connectivity index (χ1n) is 10.2. The van der Waals surface area contributed by atoms with Crippen LogP contribution in [0.4, 0.5) is 4.39 Å². The van der Waals surface area contributed by atoms with Gasteiger partial charge in [0.25, 0.3) is 11.7 Å². The van der Waals surface area contributed by atoms with Gasteiger partial charge in [-0.15, -0.1) is 0 Å². The van der Waals surface area contributed by atoms with Crippen LogP contribution in [0.3, 0.4) is 0 Å². The number of aliphatic hydroxyl groups is 1. The maximum Gasteiger partial charge on any atom is 0.295 e. The van der Waals surface area contributed by atoms with Crippen molar-refractivity contribution in [1.82, 2.24) is 9.80 Å². The molecule has 2 aliphatic heterocycles. The molecule has 32 heavy (non-hydrogen) atoms. The quantitative estimate of drug-likeness (QED) is 0.405. The molecule has 7 nitrogen and oxygen atoms in total. The molecule has 2 aromatic carbocycles. The van der Waals surface area contributed by atoms with Crippen molar-refractivity contribution in [3.8, 4) is 5.75 Å². The topological polar surface area (TPSA) is 90.3 Å². The van der Waals surface area contributed by atoms with Crippen LogP contribution in [-0.4, -0.2) is 71.1 Å². The first-order valence-corrected chi connectivity index (χ1v) is 10.6. The molecule has 0 aliphatic carbocycles. The fourth-order valence-corrected chi connectivity index (χ4v) is 4.22. The predicted octanol–water partition coefficient (Wildman–Crippen LogP) is 2.94. The highest BCUT2D eigenvalue weighted by Crippen LogP contribution is 2.41. The van der Waals surface area contributed by atoms with Gasteiger partial charge < -0.3 is 19.8 Å². The molecule has 2 fully saturated rings. The molecule has 0 saturated carbocycles. The smallest absolute Gasteiger partial charge is 0.295 e. The van der Waals surface area contributed by atoms with Gasteiger partial charge in [-0.1, -0.05) is 23.7 Å². The Balaban J connectivity index is 1.78. The number of halogens is 2. The first kappa shape index (κ1) is 22.3. The highest BCUT2D eigenvalue weighted by molar-refractivity contribution is 6.46. The van der Waals surface area contributed by atoms with Gasteiger partial charge in [-0.25, -0.2) is 4.39 Å². The lowest BCUT2D eigenvalue weighted by atomic mass is 9.95. The summed E-state index contributed by atoms with van der Waals surface area (Å²) in [4.78, 5) is 29.4. The number of ketones is 1. The number of likely N-dealkylation sites (tertiary alicyclic amines) is 1. The van der Waals surface area contributed by atoms with E-state index in [1.807, 2.05) is 0 Å². The number of morpholine rings is 1. The van der Waals surface area contributed by atoms with Gasteiger partial charge in [0, 0.05) is 31.2 Å². The van der Waals surface area contributed by atoms with Crippen LogP contribution in [0.5, 0.6) is 5.75 Å². The summed E-state index contributed by atoms with van der Waals surface area (Å²) in [5.74, 6) is -3.10. The van der Waals surface area contributed by atoms with E-state index < -0.39 is 29.3 Å². The zero-order valence-corrected chi connectivity index (χ0v) is 17.9. The molecule has 1 unspecified atom stereocenters. The Morgan fingerprint density at radius 3 is 2.59 bits per heavy atom. The standard InChI is InChI=1S/C23H22ClFN2O5/c24-15-4-5-18(28)17(13-15)21(29)19-20(14-2-1-3-16(25)12-14)27(23(31)22(19)30)7-6-26-8-10-32-11-9-26/h1-5,12-13,20,28-29H,6-11H2. The number of ether oxygens (including phenoxy) is 1. The number of hydrogen-bond acceptors (Lipinski definition) is 6. The van der Waals surface area contributed by atoms with Crippen molar-refractivity contribution in [3.05, 3.63) is 70.0 Å². The molecule has 2 aromatic rings. The molecular formula is C23H22ClFN2O5. The van der Waals surface area contributed by atoms with Crippen molar-refractivity contribution in [2.24, 2.45) is 0 Å². The van der Waals surface area contributed by atoms with Crippen LogP contribution in [0.2, 0.25) is 5.02 Å². The molecule has 2 heterocycles. The third-order valence-electron chi connectivity index (χ3n) is 5.68. The summed E-state index contributed by atoms with van der Waals surface area (Å²) in [5.41, 5.74) is 0.0412. The fraction of sp³-hybridized carbons (Fsp3) is 0.304. The van der Waals surface area contributed by atoms with E-state index in [4.69, 9.17) is 16.3 Å². The Bertz CT molecular complexity index is 1080. The van der Waals surface area contributed by atoms with Crippen LogP contribution in [0, 0.1) is 5.82 Å². The molecule has 0 spiro atoms. The van der Waals surface area contributed by atoms with Crippen LogP contribution >= 0.6 is 11.6 Å². The van der Waals surface area contributed by atoms with Crippen LogP contribution < -0.4 is 0 Å². The monoisotopic (exact) mass is 460 g/mol. The minimum absolute atomic E-state index is 0.0786. The third kappa shape index (κ3) is 4.34. The van der Waals surface area contributed by atoms with E-state index in [2.05, 4.69) is 4.90 Å². The second-order valence-electron chi connectivity index (χ2n) is 7.66. The maximum atomic E-state index is 14.0. The number of aliphatic hydroxyl groups excluding tert-OH is 1. The lowest BCUT2D eigenvalue weighted by Gasteiger charge is -2.31. The van der Waals surface area contributed by atoms with Gasteiger partial charge in [0.15, 0.2) is 0 Å². The molecule has 2 N–H and O–H groups in total.